The summed E-state index contributed by atoms with van der Waals surface area (Å²) in [7, 11) is 1.41. The molecule has 0 aliphatic carbocycles. The molecule has 1 aromatic rings. The normalized spacial score (nSPS) is 13.8. The minimum atomic E-state index is -1.21. The van der Waals surface area contributed by atoms with Crippen LogP contribution in [0.1, 0.15) is 10.4 Å². The molecule has 8 nitrogen and oxygen atoms in total. The van der Waals surface area contributed by atoms with Crippen molar-refractivity contribution in [2.24, 2.45) is 0 Å². The van der Waals surface area contributed by atoms with Gasteiger partial charge in [0.05, 0.1) is 13.7 Å². The molecule has 0 saturated carbocycles. The number of carbonyl (C=O) groups is 3. The van der Waals surface area contributed by atoms with Crippen molar-refractivity contribution in [3.05, 3.63) is 23.8 Å². The number of methoxy groups -OCH3 is 1. The van der Waals surface area contributed by atoms with Crippen molar-refractivity contribution in [2.75, 3.05) is 26.9 Å². The second kappa shape index (κ2) is 6.12. The largest absolute Gasteiger partial charge is 0.497 e. The van der Waals surface area contributed by atoms with Crippen LogP contribution in [0.2, 0.25) is 0 Å². The van der Waals surface area contributed by atoms with Gasteiger partial charge in [0.2, 0.25) is 0 Å². The molecule has 8 heteroatoms. The second-order valence-corrected chi connectivity index (χ2v) is 4.12. The number of carboxylic acids is 1. The van der Waals surface area contributed by atoms with Crippen LogP contribution < -0.4 is 9.47 Å². The van der Waals surface area contributed by atoms with Crippen molar-refractivity contribution in [1.29, 1.82) is 0 Å². The highest BCUT2D eigenvalue weighted by Gasteiger charge is 2.28. The number of carboxylic acid groups (broad SMARTS) is 1. The lowest BCUT2D eigenvalue weighted by Crippen LogP contribution is -2.35. The number of cyclic esters (lactones) is 1. The molecule has 1 N–H and O–H groups in total. The molecular formula is C13H13NO7. The Morgan fingerprint density at radius 3 is 2.76 bits per heavy atom. The fourth-order valence-electron chi connectivity index (χ4n) is 1.77. The summed E-state index contributed by atoms with van der Waals surface area (Å²) < 4.78 is 14.7. The minimum Gasteiger partial charge on any atom is -0.497 e. The van der Waals surface area contributed by atoms with Crippen molar-refractivity contribution in [2.45, 2.75) is 0 Å². The second-order valence-electron chi connectivity index (χ2n) is 4.12. The number of ether oxygens (including phenoxy) is 3. The molecule has 0 bridgehead atoms. The van der Waals surface area contributed by atoms with E-state index in [9.17, 15) is 14.4 Å². The zero-order valence-electron chi connectivity index (χ0n) is 11.2. The van der Waals surface area contributed by atoms with Gasteiger partial charge >= 0.3 is 12.1 Å². The first kappa shape index (κ1) is 14.6. The lowest BCUT2D eigenvalue weighted by atomic mass is 10.2. The predicted molar refractivity (Wildman–Crippen MR) is 68.5 cm³/mol. The van der Waals surface area contributed by atoms with Crippen LogP contribution >= 0.6 is 0 Å². The zero-order valence-corrected chi connectivity index (χ0v) is 11.2. The number of hydrogen-bond acceptors (Lipinski definition) is 6. The van der Waals surface area contributed by atoms with Gasteiger partial charge in [-0.05, 0) is 18.2 Å². The van der Waals surface area contributed by atoms with Crippen LogP contribution in [-0.2, 0) is 9.53 Å². The van der Waals surface area contributed by atoms with Crippen LogP contribution in [0.3, 0.4) is 0 Å². The maximum atomic E-state index is 11.8. The van der Waals surface area contributed by atoms with E-state index in [1.807, 2.05) is 0 Å². The topological polar surface area (TPSA) is 102 Å². The molecule has 0 aromatic heterocycles. The first-order valence-corrected chi connectivity index (χ1v) is 6.04. The molecule has 1 fully saturated rings. The van der Waals surface area contributed by atoms with Crippen LogP contribution in [0.15, 0.2) is 18.2 Å². The van der Waals surface area contributed by atoms with E-state index in [4.69, 9.17) is 14.6 Å². The lowest BCUT2D eigenvalue weighted by Gasteiger charge is -2.13. The molecule has 2 rings (SSSR count). The fourth-order valence-corrected chi connectivity index (χ4v) is 1.77. The molecule has 1 heterocycles. The molecule has 0 radical (unpaired) electrons. The summed E-state index contributed by atoms with van der Waals surface area (Å²) in [5, 5.41) is 9.10. The van der Waals surface area contributed by atoms with Crippen LogP contribution in [-0.4, -0.2) is 54.8 Å². The summed E-state index contributed by atoms with van der Waals surface area (Å²) >= 11 is 0. The van der Waals surface area contributed by atoms with Gasteiger partial charge < -0.3 is 19.3 Å². The van der Waals surface area contributed by atoms with Gasteiger partial charge in [-0.3, -0.25) is 4.79 Å². The number of imide groups is 1. The fraction of sp³-hybridized carbons (Fsp3) is 0.308. The minimum absolute atomic E-state index is 0.0178. The van der Waals surface area contributed by atoms with Gasteiger partial charge in [-0.2, -0.15) is 0 Å². The van der Waals surface area contributed by atoms with Gasteiger partial charge in [0.25, 0.3) is 5.91 Å². The summed E-state index contributed by atoms with van der Waals surface area (Å²) in [6.07, 6.45) is -0.725. The Kier molecular flexibility index (Phi) is 4.27. The van der Waals surface area contributed by atoms with Crippen molar-refractivity contribution in [3.63, 3.8) is 0 Å². The van der Waals surface area contributed by atoms with Crippen LogP contribution in [0.5, 0.6) is 11.5 Å². The van der Waals surface area contributed by atoms with Gasteiger partial charge in [-0.15, -0.1) is 0 Å². The average molecular weight is 295 g/mol. The number of carbonyl (C=O) groups excluding carboxylic acids is 2. The first-order valence-electron chi connectivity index (χ1n) is 6.04. The van der Waals surface area contributed by atoms with E-state index in [0.717, 1.165) is 4.90 Å². The molecule has 1 saturated heterocycles. The summed E-state index contributed by atoms with van der Waals surface area (Å²) in [5.74, 6) is -1.43. The molecule has 1 aromatic carbocycles. The van der Waals surface area contributed by atoms with Gasteiger partial charge in [0.15, 0.2) is 6.61 Å². The molecule has 1 aliphatic heterocycles. The SMILES string of the molecule is COc1ccc(OCC(=O)N2CCOC2=O)c(C(=O)O)c1. The summed E-state index contributed by atoms with van der Waals surface area (Å²) in [6, 6.07) is 4.18. The third kappa shape index (κ3) is 3.22. The predicted octanol–water partition coefficient (Wildman–Crippen LogP) is 0.751. The standard InChI is InChI=1S/C13H13NO7/c1-19-8-2-3-10(9(6-8)12(16)17)21-7-11(15)14-4-5-20-13(14)18/h2-3,6H,4-5,7H2,1H3,(H,16,17). The van der Waals surface area contributed by atoms with Crippen molar-refractivity contribution >= 4 is 18.0 Å². The lowest BCUT2D eigenvalue weighted by molar-refractivity contribution is -0.129. The zero-order chi connectivity index (χ0) is 15.4. The molecule has 2 amide bonds. The van der Waals surface area contributed by atoms with Crippen LogP contribution in [0.25, 0.3) is 0 Å². The summed E-state index contributed by atoms with van der Waals surface area (Å²) in [4.78, 5) is 35.0. The monoisotopic (exact) mass is 295 g/mol. The van der Waals surface area contributed by atoms with E-state index in [1.165, 1.54) is 25.3 Å². The smallest absolute Gasteiger partial charge is 0.416 e. The molecule has 0 spiro atoms. The highest BCUT2D eigenvalue weighted by molar-refractivity contribution is 5.94. The molecular weight excluding hydrogens is 282 g/mol. The number of nitrogens with zero attached hydrogens (tertiary/aromatic N) is 1. The first-order chi connectivity index (χ1) is 10.0. The van der Waals surface area contributed by atoms with E-state index in [2.05, 4.69) is 4.74 Å². The Labute approximate surface area is 119 Å². The van der Waals surface area contributed by atoms with E-state index in [1.54, 1.807) is 0 Å². The highest BCUT2D eigenvalue weighted by Crippen LogP contribution is 2.24. The van der Waals surface area contributed by atoms with Crippen molar-refractivity contribution in [1.82, 2.24) is 4.90 Å². The van der Waals surface area contributed by atoms with Crippen LogP contribution in [0.4, 0.5) is 4.79 Å². The number of aromatic carboxylic acids is 1. The summed E-state index contributed by atoms with van der Waals surface area (Å²) in [5.41, 5.74) is -0.133. The quantitative estimate of drug-likeness (QED) is 0.855. The Morgan fingerprint density at radius 2 is 2.19 bits per heavy atom. The molecule has 112 valence electrons. The maximum Gasteiger partial charge on any atom is 0.416 e. The summed E-state index contributed by atoms with van der Waals surface area (Å²) in [6.45, 7) is -0.148. The van der Waals surface area contributed by atoms with E-state index in [-0.39, 0.29) is 24.5 Å². The Bertz CT molecular complexity index is 584. The van der Waals surface area contributed by atoms with E-state index < -0.39 is 24.6 Å². The third-order valence-corrected chi connectivity index (χ3v) is 2.83. The Morgan fingerprint density at radius 1 is 1.43 bits per heavy atom. The maximum absolute atomic E-state index is 11.8. The average Bonchev–Trinajstić information content (AvgIpc) is 2.90. The molecule has 1 aliphatic rings. The third-order valence-electron chi connectivity index (χ3n) is 2.83. The van der Waals surface area contributed by atoms with E-state index in [0.29, 0.717) is 5.75 Å². The molecule has 0 unspecified atom stereocenters. The Balaban J connectivity index is 2.07. The molecule has 21 heavy (non-hydrogen) atoms. The highest BCUT2D eigenvalue weighted by atomic mass is 16.6. The number of benzene rings is 1. The van der Waals surface area contributed by atoms with Gasteiger partial charge in [0, 0.05) is 0 Å². The van der Waals surface area contributed by atoms with E-state index >= 15 is 0 Å². The Hall–Kier alpha value is -2.77. The number of amides is 2. The van der Waals surface area contributed by atoms with Gasteiger partial charge in [-0.25, -0.2) is 14.5 Å². The van der Waals surface area contributed by atoms with Gasteiger partial charge in [-0.1, -0.05) is 0 Å². The van der Waals surface area contributed by atoms with Gasteiger partial charge in [0.1, 0.15) is 23.7 Å². The van der Waals surface area contributed by atoms with Crippen LogP contribution in [0, 0.1) is 0 Å². The van der Waals surface area contributed by atoms with Crippen molar-refractivity contribution in [3.8, 4) is 11.5 Å². The van der Waals surface area contributed by atoms with Crippen molar-refractivity contribution < 1.29 is 33.7 Å². The molecule has 0 atom stereocenters. The number of rotatable bonds is 5. The number of hydrogen-bond donors (Lipinski definition) is 1.